The Labute approximate surface area is 187 Å². The van der Waals surface area contributed by atoms with Gasteiger partial charge in [0.15, 0.2) is 17.2 Å². The maximum atomic E-state index is 13.5. The number of nitrogens with one attached hydrogen (secondary N) is 1. The van der Waals surface area contributed by atoms with E-state index >= 15 is 0 Å². The molecule has 0 aliphatic carbocycles. The number of H-pyrrole nitrogens is 1. The predicted molar refractivity (Wildman–Crippen MR) is 114 cm³/mol. The van der Waals surface area contributed by atoms with Gasteiger partial charge >= 0.3 is 6.18 Å². The van der Waals surface area contributed by atoms with Gasteiger partial charge in [0.2, 0.25) is 0 Å². The molecule has 4 rings (SSSR count). The van der Waals surface area contributed by atoms with Crippen LogP contribution in [0.3, 0.4) is 0 Å². The third kappa shape index (κ3) is 4.08. The van der Waals surface area contributed by atoms with E-state index in [9.17, 15) is 13.2 Å². The zero-order chi connectivity index (χ0) is 23.1. The summed E-state index contributed by atoms with van der Waals surface area (Å²) in [6.07, 6.45) is -1.23. The molecule has 6 nitrogen and oxygen atoms in total. The first-order valence-electron chi connectivity index (χ1n) is 9.63. The molecule has 2 heterocycles. The zero-order valence-electron chi connectivity index (χ0n) is 17.4. The van der Waals surface area contributed by atoms with E-state index in [1.54, 1.807) is 51.5 Å². The fourth-order valence-electron chi connectivity index (χ4n) is 3.52. The molecule has 0 unspecified atom stereocenters. The number of aromatic amines is 1. The van der Waals surface area contributed by atoms with Gasteiger partial charge in [0.05, 0.1) is 11.1 Å². The lowest BCUT2D eigenvalue weighted by Gasteiger charge is -2.26. The van der Waals surface area contributed by atoms with E-state index in [1.165, 1.54) is 22.8 Å². The molecule has 0 spiro atoms. The summed E-state index contributed by atoms with van der Waals surface area (Å²) in [5, 5.41) is 8.72. The SMILES string of the molecule is Cn1c(-c2ccccc2C(F)(F)F)nnc1C(C)(C)Oc1ccc(Cl)cc1-c1ncc[nH]1. The predicted octanol–water partition coefficient (Wildman–Crippen LogP) is 5.86. The molecule has 0 radical (unpaired) electrons. The number of imidazole rings is 1. The minimum atomic E-state index is -4.52. The molecular weight excluding hydrogens is 443 g/mol. The van der Waals surface area contributed by atoms with Gasteiger partial charge in [-0.1, -0.05) is 29.8 Å². The van der Waals surface area contributed by atoms with Crippen molar-refractivity contribution in [2.45, 2.75) is 25.6 Å². The Morgan fingerprint density at radius 1 is 1.03 bits per heavy atom. The molecule has 0 aliphatic rings. The molecule has 0 bridgehead atoms. The average Bonchev–Trinajstić information content (AvgIpc) is 3.39. The highest BCUT2D eigenvalue weighted by Crippen LogP contribution is 2.38. The summed E-state index contributed by atoms with van der Waals surface area (Å²) in [5.74, 6) is 1.49. The monoisotopic (exact) mass is 461 g/mol. The van der Waals surface area contributed by atoms with Gasteiger partial charge in [0.1, 0.15) is 11.6 Å². The van der Waals surface area contributed by atoms with Gasteiger partial charge < -0.3 is 14.3 Å². The number of rotatable bonds is 5. The van der Waals surface area contributed by atoms with Crippen LogP contribution in [0, 0.1) is 0 Å². The summed E-state index contributed by atoms with van der Waals surface area (Å²) in [5.41, 5.74) is -1.23. The minimum absolute atomic E-state index is 0.0557. The second kappa shape index (κ2) is 7.98. The summed E-state index contributed by atoms with van der Waals surface area (Å²) < 4.78 is 48.3. The standard InChI is InChI=1S/C22H19ClF3N5O/c1-21(2,32-17-9-8-13(23)12-15(17)18-27-10-11-28-18)20-30-29-19(31(20)3)14-6-4-5-7-16(14)22(24,25)26/h4-12H,1-3H3,(H,27,28). The molecule has 0 aliphatic heterocycles. The molecule has 2 aromatic heterocycles. The number of hydrogen-bond donors (Lipinski definition) is 1. The Morgan fingerprint density at radius 2 is 1.78 bits per heavy atom. The van der Waals surface area contributed by atoms with Crippen LogP contribution in [0.1, 0.15) is 25.2 Å². The molecule has 0 saturated carbocycles. The first kappa shape index (κ1) is 21.9. The quantitative estimate of drug-likeness (QED) is 0.404. The first-order valence-corrected chi connectivity index (χ1v) is 10.0. The van der Waals surface area contributed by atoms with Gasteiger partial charge in [-0.25, -0.2) is 4.98 Å². The van der Waals surface area contributed by atoms with Crippen molar-refractivity contribution >= 4 is 11.6 Å². The molecule has 1 N–H and O–H groups in total. The van der Waals surface area contributed by atoms with Crippen LogP contribution in [-0.4, -0.2) is 24.7 Å². The summed E-state index contributed by atoms with van der Waals surface area (Å²) in [4.78, 5) is 7.27. The number of ether oxygens (including phenoxy) is 1. The van der Waals surface area contributed by atoms with E-state index in [1.807, 2.05) is 0 Å². The smallest absolute Gasteiger partial charge is 0.417 e. The highest BCUT2D eigenvalue weighted by atomic mass is 35.5. The summed E-state index contributed by atoms with van der Waals surface area (Å²) in [7, 11) is 1.61. The molecule has 10 heteroatoms. The van der Waals surface area contributed by atoms with Crippen LogP contribution in [0.2, 0.25) is 5.02 Å². The summed E-state index contributed by atoms with van der Waals surface area (Å²) in [6.45, 7) is 3.52. The second-order valence-electron chi connectivity index (χ2n) is 7.64. The van der Waals surface area contributed by atoms with Crippen LogP contribution in [-0.2, 0) is 18.8 Å². The molecule has 32 heavy (non-hydrogen) atoms. The number of nitrogens with zero attached hydrogens (tertiary/aromatic N) is 4. The first-order chi connectivity index (χ1) is 15.1. The van der Waals surface area contributed by atoms with Crippen LogP contribution < -0.4 is 4.74 Å². The van der Waals surface area contributed by atoms with Crippen molar-refractivity contribution in [3.63, 3.8) is 0 Å². The molecular formula is C22H19ClF3N5O. The Bertz CT molecular complexity index is 1250. The maximum Gasteiger partial charge on any atom is 0.417 e. The molecule has 2 aromatic carbocycles. The zero-order valence-corrected chi connectivity index (χ0v) is 18.2. The Kier molecular flexibility index (Phi) is 5.46. The maximum absolute atomic E-state index is 13.5. The van der Waals surface area contributed by atoms with Crippen molar-refractivity contribution < 1.29 is 17.9 Å². The van der Waals surface area contributed by atoms with Crippen LogP contribution in [0.4, 0.5) is 13.2 Å². The highest BCUT2D eigenvalue weighted by Gasteiger charge is 2.36. The van der Waals surface area contributed by atoms with Crippen LogP contribution in [0.15, 0.2) is 54.9 Å². The van der Waals surface area contributed by atoms with Gasteiger partial charge in [0.25, 0.3) is 0 Å². The van der Waals surface area contributed by atoms with Crippen molar-refractivity contribution in [1.29, 1.82) is 0 Å². The number of halogens is 4. The largest absolute Gasteiger partial charge is 0.479 e. The van der Waals surface area contributed by atoms with Crippen LogP contribution in [0.25, 0.3) is 22.8 Å². The molecule has 166 valence electrons. The lowest BCUT2D eigenvalue weighted by molar-refractivity contribution is -0.137. The van der Waals surface area contributed by atoms with Gasteiger partial charge in [-0.3, -0.25) is 0 Å². The molecule has 4 aromatic rings. The van der Waals surface area contributed by atoms with Gasteiger partial charge in [0, 0.05) is 30.0 Å². The Balaban J connectivity index is 1.74. The fourth-order valence-corrected chi connectivity index (χ4v) is 3.69. The van der Waals surface area contributed by atoms with Crippen LogP contribution >= 0.6 is 11.6 Å². The number of hydrogen-bond acceptors (Lipinski definition) is 4. The summed E-state index contributed by atoms with van der Waals surface area (Å²) >= 11 is 6.15. The van der Waals surface area contributed by atoms with Gasteiger partial charge in [-0.05, 0) is 38.1 Å². The van der Waals surface area contributed by atoms with E-state index in [4.69, 9.17) is 16.3 Å². The van der Waals surface area contributed by atoms with E-state index in [-0.39, 0.29) is 11.4 Å². The Morgan fingerprint density at radius 3 is 2.47 bits per heavy atom. The van der Waals surface area contributed by atoms with Crippen molar-refractivity contribution in [3.05, 3.63) is 71.3 Å². The molecule has 0 amide bonds. The Hall–Kier alpha value is -3.33. The third-order valence-corrected chi connectivity index (χ3v) is 5.18. The minimum Gasteiger partial charge on any atom is -0.479 e. The number of aromatic nitrogens is 5. The lowest BCUT2D eigenvalue weighted by atomic mass is 10.1. The van der Waals surface area contributed by atoms with Gasteiger partial charge in [-0.15, -0.1) is 10.2 Å². The lowest BCUT2D eigenvalue weighted by Crippen LogP contribution is -2.29. The van der Waals surface area contributed by atoms with Gasteiger partial charge in [-0.2, -0.15) is 13.2 Å². The van der Waals surface area contributed by atoms with E-state index in [0.717, 1.165) is 6.07 Å². The second-order valence-corrected chi connectivity index (χ2v) is 8.08. The fraction of sp³-hybridized carbons (Fsp3) is 0.227. The van der Waals surface area contributed by atoms with E-state index in [2.05, 4.69) is 20.2 Å². The topological polar surface area (TPSA) is 68.6 Å². The number of benzene rings is 2. The molecule has 0 saturated heterocycles. The van der Waals surface area contributed by atoms with E-state index in [0.29, 0.717) is 28.0 Å². The van der Waals surface area contributed by atoms with Crippen LogP contribution in [0.5, 0.6) is 5.75 Å². The third-order valence-electron chi connectivity index (χ3n) is 4.95. The molecule has 0 fully saturated rings. The normalized spacial score (nSPS) is 12.2. The number of alkyl halides is 3. The van der Waals surface area contributed by atoms with Crippen molar-refractivity contribution in [2.75, 3.05) is 0 Å². The van der Waals surface area contributed by atoms with Crippen molar-refractivity contribution in [1.82, 2.24) is 24.7 Å². The van der Waals surface area contributed by atoms with E-state index < -0.39 is 17.3 Å². The average molecular weight is 462 g/mol. The summed E-state index contributed by atoms with van der Waals surface area (Å²) in [6, 6.07) is 10.4. The highest BCUT2D eigenvalue weighted by molar-refractivity contribution is 6.30. The van der Waals surface area contributed by atoms with Crippen molar-refractivity contribution in [3.8, 4) is 28.5 Å². The van der Waals surface area contributed by atoms with Crippen molar-refractivity contribution in [2.24, 2.45) is 7.05 Å². The molecule has 0 atom stereocenters.